The van der Waals surface area contributed by atoms with Crippen LogP contribution in [0, 0.1) is 11.7 Å². The zero-order chi connectivity index (χ0) is 27.1. The maximum Gasteiger partial charge on any atom is 0.227 e. The Hall–Kier alpha value is -4.92. The van der Waals surface area contributed by atoms with Crippen molar-refractivity contribution in [3.05, 3.63) is 79.0 Å². The number of nitrogens with one attached hydrogen (secondary N) is 3. The van der Waals surface area contributed by atoms with Crippen molar-refractivity contribution in [1.29, 1.82) is 0 Å². The summed E-state index contributed by atoms with van der Waals surface area (Å²) in [7, 11) is 0. The number of carbonyl (C=O) groups excluding carboxylic acids is 1. The average Bonchev–Trinajstić information content (AvgIpc) is 3.61. The van der Waals surface area contributed by atoms with Gasteiger partial charge in [0.1, 0.15) is 11.5 Å². The van der Waals surface area contributed by atoms with Crippen molar-refractivity contribution in [3.8, 4) is 33.8 Å². The maximum absolute atomic E-state index is 13.9. The fraction of sp³-hybridized carbons (Fsp3) is 0.194. The van der Waals surface area contributed by atoms with Crippen molar-refractivity contribution < 1.29 is 9.18 Å². The van der Waals surface area contributed by atoms with Crippen molar-refractivity contribution in [2.75, 3.05) is 5.32 Å². The fourth-order valence-electron chi connectivity index (χ4n) is 5.57. The number of aromatic amines is 2. The van der Waals surface area contributed by atoms with Gasteiger partial charge in [0.2, 0.25) is 5.91 Å². The summed E-state index contributed by atoms with van der Waals surface area (Å²) in [5.41, 5.74) is 6.79. The van der Waals surface area contributed by atoms with Crippen LogP contribution >= 0.6 is 0 Å². The molecule has 8 nitrogen and oxygen atoms in total. The first-order valence-electron chi connectivity index (χ1n) is 13.5. The van der Waals surface area contributed by atoms with Gasteiger partial charge in [0.25, 0.3) is 0 Å². The Bertz CT molecular complexity index is 1870. The number of nitrogens with zero attached hydrogens (tertiary/aromatic N) is 4. The van der Waals surface area contributed by atoms with Crippen LogP contribution in [0.3, 0.4) is 0 Å². The Kier molecular flexibility index (Phi) is 6.03. The van der Waals surface area contributed by atoms with Gasteiger partial charge in [0, 0.05) is 34.8 Å². The number of anilines is 1. The lowest BCUT2D eigenvalue weighted by Gasteiger charge is -2.20. The molecule has 0 saturated heterocycles. The first-order valence-corrected chi connectivity index (χ1v) is 13.5. The van der Waals surface area contributed by atoms with E-state index in [0.717, 1.165) is 58.8 Å². The molecule has 198 valence electrons. The zero-order valence-corrected chi connectivity index (χ0v) is 21.6. The quantitative estimate of drug-likeness (QED) is 0.224. The fourth-order valence-corrected chi connectivity index (χ4v) is 5.57. The van der Waals surface area contributed by atoms with Gasteiger partial charge < -0.3 is 10.3 Å². The Labute approximate surface area is 229 Å². The minimum absolute atomic E-state index is 0.0713. The minimum Gasteiger partial charge on any atom is -0.335 e. The number of benzene rings is 2. The molecular weight excluding hydrogens is 505 g/mol. The largest absolute Gasteiger partial charge is 0.335 e. The third kappa shape index (κ3) is 4.49. The summed E-state index contributed by atoms with van der Waals surface area (Å²) in [5, 5.41) is 11.6. The number of pyridine rings is 2. The Morgan fingerprint density at radius 1 is 0.950 bits per heavy atom. The summed E-state index contributed by atoms with van der Waals surface area (Å²) >= 11 is 0. The van der Waals surface area contributed by atoms with Crippen LogP contribution in [-0.2, 0) is 4.79 Å². The number of halogens is 1. The predicted molar refractivity (Wildman–Crippen MR) is 153 cm³/mol. The molecule has 0 bridgehead atoms. The molecule has 7 rings (SSSR count). The highest BCUT2D eigenvalue weighted by atomic mass is 19.1. The zero-order valence-electron chi connectivity index (χ0n) is 21.6. The van der Waals surface area contributed by atoms with Crippen molar-refractivity contribution in [2.24, 2.45) is 5.92 Å². The summed E-state index contributed by atoms with van der Waals surface area (Å²) in [4.78, 5) is 29.6. The number of amides is 1. The number of H-pyrrole nitrogens is 2. The molecule has 4 aromatic heterocycles. The van der Waals surface area contributed by atoms with Crippen LogP contribution in [0.5, 0.6) is 0 Å². The molecule has 1 saturated carbocycles. The molecule has 1 amide bonds. The number of fused-ring (bicyclic) bond motifs is 2. The normalized spacial score (nSPS) is 14.1. The molecule has 2 aromatic carbocycles. The third-order valence-electron chi connectivity index (χ3n) is 7.63. The van der Waals surface area contributed by atoms with Gasteiger partial charge in [-0.05, 0) is 60.4 Å². The molecule has 0 spiro atoms. The van der Waals surface area contributed by atoms with Gasteiger partial charge in [-0.1, -0.05) is 37.5 Å². The van der Waals surface area contributed by atoms with Crippen LogP contribution in [0.2, 0.25) is 0 Å². The summed E-state index contributed by atoms with van der Waals surface area (Å²) in [6, 6.07) is 16.2. The van der Waals surface area contributed by atoms with E-state index >= 15 is 0 Å². The van der Waals surface area contributed by atoms with Crippen LogP contribution < -0.4 is 5.32 Å². The molecule has 40 heavy (non-hydrogen) atoms. The van der Waals surface area contributed by atoms with Gasteiger partial charge in [-0.2, -0.15) is 5.10 Å². The van der Waals surface area contributed by atoms with E-state index in [9.17, 15) is 9.18 Å². The highest BCUT2D eigenvalue weighted by molar-refractivity contribution is 5.98. The number of hydrogen-bond donors (Lipinski definition) is 3. The van der Waals surface area contributed by atoms with E-state index in [1.165, 1.54) is 18.6 Å². The highest BCUT2D eigenvalue weighted by Gasteiger charge is 2.21. The first kappa shape index (κ1) is 24.1. The molecule has 1 aliphatic rings. The van der Waals surface area contributed by atoms with E-state index in [-0.39, 0.29) is 17.6 Å². The van der Waals surface area contributed by atoms with E-state index in [2.05, 4.69) is 30.5 Å². The van der Waals surface area contributed by atoms with E-state index in [1.807, 2.05) is 36.4 Å². The number of rotatable bonds is 5. The van der Waals surface area contributed by atoms with Crippen molar-refractivity contribution >= 4 is 33.7 Å². The second-order valence-corrected chi connectivity index (χ2v) is 10.3. The van der Waals surface area contributed by atoms with E-state index < -0.39 is 0 Å². The lowest BCUT2D eigenvalue weighted by atomic mass is 9.88. The van der Waals surface area contributed by atoms with Crippen molar-refractivity contribution in [2.45, 2.75) is 32.1 Å². The summed E-state index contributed by atoms with van der Waals surface area (Å²) < 4.78 is 13.9. The number of imidazole rings is 1. The lowest BCUT2D eigenvalue weighted by Crippen LogP contribution is -2.24. The number of aromatic nitrogens is 6. The minimum atomic E-state index is -0.305. The third-order valence-corrected chi connectivity index (χ3v) is 7.63. The number of hydrogen-bond acceptors (Lipinski definition) is 5. The lowest BCUT2D eigenvalue weighted by molar-refractivity contribution is -0.120. The van der Waals surface area contributed by atoms with Gasteiger partial charge in [0.15, 0.2) is 11.5 Å². The van der Waals surface area contributed by atoms with Crippen LogP contribution in [0.1, 0.15) is 32.1 Å². The molecule has 0 atom stereocenters. The standard InChI is InChI=1S/C31H26FN7O/c32-22-8-4-7-20(13-22)24-11-12-34-29-27(24)36-30(37-29)28-25-15-19(9-10-26(25)38-39-28)21-14-23(17-33-16-21)35-31(40)18-5-2-1-3-6-18/h4,7-18H,1-3,5-6H2,(H,35,40)(H,38,39)(H,34,36,37). The molecular formula is C31H26FN7O. The molecule has 9 heteroatoms. The van der Waals surface area contributed by atoms with Gasteiger partial charge in [-0.15, -0.1) is 0 Å². The van der Waals surface area contributed by atoms with Crippen LogP contribution in [0.15, 0.2) is 73.2 Å². The van der Waals surface area contributed by atoms with Crippen LogP contribution in [0.25, 0.3) is 55.8 Å². The molecule has 1 fully saturated rings. The summed E-state index contributed by atoms with van der Waals surface area (Å²) in [5.74, 6) is 0.394. The Morgan fingerprint density at radius 2 is 1.85 bits per heavy atom. The molecule has 0 aliphatic heterocycles. The predicted octanol–water partition coefficient (Wildman–Crippen LogP) is 6.89. The molecule has 6 aromatic rings. The second-order valence-electron chi connectivity index (χ2n) is 10.3. The summed E-state index contributed by atoms with van der Waals surface area (Å²) in [6.07, 6.45) is 10.4. The van der Waals surface area contributed by atoms with Gasteiger partial charge in [-0.25, -0.2) is 14.4 Å². The first-order chi connectivity index (χ1) is 19.6. The average molecular weight is 532 g/mol. The summed E-state index contributed by atoms with van der Waals surface area (Å²) in [6.45, 7) is 0. The molecule has 1 aliphatic carbocycles. The van der Waals surface area contributed by atoms with Crippen molar-refractivity contribution in [3.63, 3.8) is 0 Å². The van der Waals surface area contributed by atoms with E-state index in [1.54, 1.807) is 24.7 Å². The Morgan fingerprint density at radius 3 is 2.73 bits per heavy atom. The maximum atomic E-state index is 13.9. The second kappa shape index (κ2) is 10.00. The highest BCUT2D eigenvalue weighted by Crippen LogP contribution is 2.33. The molecule has 4 heterocycles. The van der Waals surface area contributed by atoms with Gasteiger partial charge in [-0.3, -0.25) is 14.9 Å². The van der Waals surface area contributed by atoms with E-state index in [4.69, 9.17) is 4.98 Å². The van der Waals surface area contributed by atoms with E-state index in [0.29, 0.717) is 28.4 Å². The number of carbonyl (C=O) groups is 1. The van der Waals surface area contributed by atoms with Gasteiger partial charge >= 0.3 is 0 Å². The molecule has 0 unspecified atom stereocenters. The molecule has 0 radical (unpaired) electrons. The van der Waals surface area contributed by atoms with Crippen LogP contribution in [-0.4, -0.2) is 36.0 Å². The van der Waals surface area contributed by atoms with Crippen molar-refractivity contribution in [1.82, 2.24) is 30.1 Å². The Balaban J connectivity index is 1.23. The molecule has 3 N–H and O–H groups in total. The SMILES string of the molecule is O=C(Nc1cncc(-c2ccc3[nH]nc(-c4nc5nccc(-c6cccc(F)c6)c5[nH]4)c3c2)c1)C1CCCCC1. The topological polar surface area (TPSA) is 112 Å². The van der Waals surface area contributed by atoms with Crippen LogP contribution in [0.4, 0.5) is 10.1 Å². The van der Waals surface area contributed by atoms with Gasteiger partial charge in [0.05, 0.1) is 22.9 Å². The monoisotopic (exact) mass is 531 g/mol. The smallest absolute Gasteiger partial charge is 0.227 e.